The van der Waals surface area contributed by atoms with Gasteiger partial charge in [0.25, 0.3) is 0 Å². The van der Waals surface area contributed by atoms with Gasteiger partial charge in [0, 0.05) is 0 Å². The van der Waals surface area contributed by atoms with Crippen molar-refractivity contribution in [3.05, 3.63) is 29.3 Å². The molecular formula is C15H25NO2. The minimum atomic E-state index is -0.398. The number of ether oxygens (including phenoxy) is 1. The Morgan fingerprint density at radius 2 is 2.06 bits per heavy atom. The van der Waals surface area contributed by atoms with Gasteiger partial charge in [-0.1, -0.05) is 19.9 Å². The molecule has 2 N–H and O–H groups in total. The van der Waals surface area contributed by atoms with Gasteiger partial charge in [-0.05, 0) is 50.1 Å². The normalized spacial score (nSPS) is 14.6. The van der Waals surface area contributed by atoms with E-state index < -0.39 is 5.54 Å². The molecule has 1 rings (SSSR count). The lowest BCUT2D eigenvalue weighted by Crippen LogP contribution is -2.48. The Hall–Kier alpha value is -1.06. The highest BCUT2D eigenvalue weighted by Gasteiger charge is 2.21. The van der Waals surface area contributed by atoms with E-state index in [0.29, 0.717) is 12.5 Å². The van der Waals surface area contributed by atoms with Crippen LogP contribution < -0.4 is 10.1 Å². The van der Waals surface area contributed by atoms with Gasteiger partial charge in [0.15, 0.2) is 0 Å². The fourth-order valence-electron chi connectivity index (χ4n) is 1.83. The summed E-state index contributed by atoms with van der Waals surface area (Å²) in [6.07, 6.45) is 0. The van der Waals surface area contributed by atoms with Crippen molar-refractivity contribution < 1.29 is 9.84 Å². The van der Waals surface area contributed by atoms with Crippen LogP contribution in [0.25, 0.3) is 0 Å². The van der Waals surface area contributed by atoms with E-state index in [2.05, 4.69) is 38.2 Å². The van der Waals surface area contributed by atoms with E-state index in [4.69, 9.17) is 4.74 Å². The zero-order valence-electron chi connectivity index (χ0n) is 12.1. The lowest BCUT2D eigenvalue weighted by Gasteiger charge is -2.26. The molecule has 0 radical (unpaired) electrons. The van der Waals surface area contributed by atoms with Crippen molar-refractivity contribution in [1.29, 1.82) is 0 Å². The monoisotopic (exact) mass is 251 g/mol. The molecule has 1 aromatic rings. The summed E-state index contributed by atoms with van der Waals surface area (Å²) in [5.74, 6) is 1.38. The van der Waals surface area contributed by atoms with Gasteiger partial charge in [-0.3, -0.25) is 0 Å². The summed E-state index contributed by atoms with van der Waals surface area (Å²) in [5.41, 5.74) is 2.20. The van der Waals surface area contributed by atoms with Crippen molar-refractivity contribution >= 4 is 0 Å². The number of aliphatic hydroxyl groups is 1. The van der Waals surface area contributed by atoms with Crippen LogP contribution >= 0.6 is 0 Å². The molecule has 3 heteroatoms. The molecule has 0 spiro atoms. The standard InChI is InChI=1S/C15H25NO2/c1-11(2)14-7-6-13(8-12(14)3)18-10-15(4,9-17)16-5/h6-8,11,16-17H,9-10H2,1-5H3. The van der Waals surface area contributed by atoms with E-state index >= 15 is 0 Å². The van der Waals surface area contributed by atoms with E-state index in [9.17, 15) is 5.11 Å². The van der Waals surface area contributed by atoms with Gasteiger partial charge in [-0.25, -0.2) is 0 Å². The lowest BCUT2D eigenvalue weighted by atomic mass is 9.98. The van der Waals surface area contributed by atoms with E-state index in [-0.39, 0.29) is 6.61 Å². The highest BCUT2D eigenvalue weighted by molar-refractivity contribution is 5.36. The van der Waals surface area contributed by atoms with Crippen LogP contribution in [0.1, 0.15) is 37.8 Å². The summed E-state index contributed by atoms with van der Waals surface area (Å²) >= 11 is 0. The zero-order chi connectivity index (χ0) is 13.8. The summed E-state index contributed by atoms with van der Waals surface area (Å²) in [6, 6.07) is 6.17. The molecule has 0 aliphatic heterocycles. The van der Waals surface area contributed by atoms with E-state index in [1.54, 1.807) is 0 Å². The summed E-state index contributed by atoms with van der Waals surface area (Å²) in [6.45, 7) is 8.90. The maximum Gasteiger partial charge on any atom is 0.119 e. The van der Waals surface area contributed by atoms with Crippen LogP contribution in [0.3, 0.4) is 0 Å². The van der Waals surface area contributed by atoms with Crippen molar-refractivity contribution in [2.24, 2.45) is 0 Å². The SMILES string of the molecule is CNC(C)(CO)COc1ccc(C(C)C)c(C)c1. The molecule has 1 atom stereocenters. The maximum absolute atomic E-state index is 9.29. The van der Waals surface area contributed by atoms with Crippen LogP contribution in [-0.4, -0.2) is 30.9 Å². The number of aryl methyl sites for hydroxylation is 1. The number of likely N-dealkylation sites (N-methyl/N-ethyl adjacent to an activating group) is 1. The van der Waals surface area contributed by atoms with Gasteiger partial charge in [-0.2, -0.15) is 0 Å². The summed E-state index contributed by atoms with van der Waals surface area (Å²) in [5, 5.41) is 12.4. The van der Waals surface area contributed by atoms with Crippen LogP contribution in [0.2, 0.25) is 0 Å². The molecular weight excluding hydrogens is 226 g/mol. The van der Waals surface area contributed by atoms with E-state index in [1.807, 2.05) is 20.0 Å². The van der Waals surface area contributed by atoms with Crippen molar-refractivity contribution in [3.8, 4) is 5.75 Å². The van der Waals surface area contributed by atoms with Crippen LogP contribution in [0.4, 0.5) is 0 Å². The molecule has 0 saturated heterocycles. The molecule has 3 nitrogen and oxygen atoms in total. The second-order valence-corrected chi connectivity index (χ2v) is 5.43. The fraction of sp³-hybridized carbons (Fsp3) is 0.600. The third-order valence-corrected chi connectivity index (χ3v) is 3.37. The summed E-state index contributed by atoms with van der Waals surface area (Å²) < 4.78 is 5.75. The molecule has 0 aromatic heterocycles. The van der Waals surface area contributed by atoms with Gasteiger partial charge in [0.05, 0.1) is 12.1 Å². The quantitative estimate of drug-likeness (QED) is 0.816. The smallest absolute Gasteiger partial charge is 0.119 e. The first-order valence-corrected chi connectivity index (χ1v) is 6.45. The summed E-state index contributed by atoms with van der Waals surface area (Å²) in [7, 11) is 1.83. The van der Waals surface area contributed by atoms with Crippen LogP contribution in [0.15, 0.2) is 18.2 Å². The second-order valence-electron chi connectivity index (χ2n) is 5.43. The van der Waals surface area contributed by atoms with Crippen molar-refractivity contribution in [2.45, 2.75) is 39.2 Å². The number of hydrogen-bond donors (Lipinski definition) is 2. The Labute approximate surface area is 110 Å². The number of hydrogen-bond acceptors (Lipinski definition) is 3. The third-order valence-electron chi connectivity index (χ3n) is 3.37. The predicted molar refractivity (Wildman–Crippen MR) is 75.3 cm³/mol. The lowest BCUT2D eigenvalue weighted by molar-refractivity contribution is 0.122. The maximum atomic E-state index is 9.29. The van der Waals surface area contributed by atoms with Gasteiger partial charge in [0.2, 0.25) is 0 Å². The highest BCUT2D eigenvalue weighted by atomic mass is 16.5. The molecule has 0 heterocycles. The summed E-state index contributed by atoms with van der Waals surface area (Å²) in [4.78, 5) is 0. The number of rotatable bonds is 6. The molecule has 102 valence electrons. The predicted octanol–water partition coefficient (Wildman–Crippen LogP) is 2.47. The molecule has 0 fully saturated rings. The Morgan fingerprint density at radius 1 is 1.39 bits per heavy atom. The average Bonchev–Trinajstić information content (AvgIpc) is 2.35. The van der Waals surface area contributed by atoms with Crippen molar-refractivity contribution in [1.82, 2.24) is 5.32 Å². The van der Waals surface area contributed by atoms with Gasteiger partial charge >= 0.3 is 0 Å². The van der Waals surface area contributed by atoms with Crippen molar-refractivity contribution in [2.75, 3.05) is 20.3 Å². The fourth-order valence-corrected chi connectivity index (χ4v) is 1.83. The van der Waals surface area contributed by atoms with Crippen molar-refractivity contribution in [3.63, 3.8) is 0 Å². The second kappa shape index (κ2) is 6.21. The minimum absolute atomic E-state index is 0.0482. The largest absolute Gasteiger partial charge is 0.492 e. The Bertz CT molecular complexity index is 384. The average molecular weight is 251 g/mol. The number of aliphatic hydroxyl groups excluding tert-OH is 1. The van der Waals surface area contributed by atoms with Crippen LogP contribution in [0, 0.1) is 6.92 Å². The Morgan fingerprint density at radius 3 is 2.50 bits per heavy atom. The zero-order valence-corrected chi connectivity index (χ0v) is 12.1. The first-order valence-electron chi connectivity index (χ1n) is 6.45. The highest BCUT2D eigenvalue weighted by Crippen LogP contribution is 2.23. The van der Waals surface area contributed by atoms with Crippen LogP contribution in [-0.2, 0) is 0 Å². The molecule has 0 aliphatic rings. The first kappa shape index (κ1) is 15.0. The van der Waals surface area contributed by atoms with E-state index in [0.717, 1.165) is 5.75 Å². The number of benzene rings is 1. The minimum Gasteiger partial charge on any atom is -0.492 e. The van der Waals surface area contributed by atoms with Gasteiger partial charge in [-0.15, -0.1) is 0 Å². The first-order chi connectivity index (χ1) is 8.41. The topological polar surface area (TPSA) is 41.5 Å². The molecule has 1 aromatic carbocycles. The van der Waals surface area contributed by atoms with Gasteiger partial charge < -0.3 is 15.2 Å². The molecule has 18 heavy (non-hydrogen) atoms. The van der Waals surface area contributed by atoms with Gasteiger partial charge in [0.1, 0.15) is 12.4 Å². The molecule has 0 saturated carbocycles. The number of nitrogens with one attached hydrogen (secondary N) is 1. The molecule has 1 unspecified atom stereocenters. The third kappa shape index (κ3) is 3.72. The van der Waals surface area contributed by atoms with Crippen LogP contribution in [0.5, 0.6) is 5.75 Å². The molecule has 0 aliphatic carbocycles. The van der Waals surface area contributed by atoms with E-state index in [1.165, 1.54) is 11.1 Å². The molecule has 0 amide bonds. The Balaban J connectivity index is 2.72. The molecule has 0 bridgehead atoms. The Kier molecular flexibility index (Phi) is 5.17.